The van der Waals surface area contributed by atoms with Gasteiger partial charge in [-0.3, -0.25) is 4.79 Å². The van der Waals surface area contributed by atoms with Crippen molar-refractivity contribution < 1.29 is 9.53 Å². The molecule has 3 aromatic rings. The van der Waals surface area contributed by atoms with Crippen LogP contribution in [-0.2, 0) is 6.42 Å². The Morgan fingerprint density at radius 3 is 2.62 bits per heavy atom. The van der Waals surface area contributed by atoms with Crippen molar-refractivity contribution >= 4 is 11.7 Å². The van der Waals surface area contributed by atoms with Gasteiger partial charge in [0.25, 0.3) is 5.91 Å². The molecular formula is C25H25N5O2. The van der Waals surface area contributed by atoms with Crippen LogP contribution < -0.4 is 10.5 Å². The SMILES string of the molecule is CCc1ncnc(-c2ccc(C(=O)N3CCCC3)c(OC)c2)c1C#Cc1ccc(N)nc1. The number of nitrogens with two attached hydrogens (primary N) is 1. The average Bonchev–Trinajstić information content (AvgIpc) is 3.37. The molecule has 7 heteroatoms. The molecule has 1 aromatic carbocycles. The van der Waals surface area contributed by atoms with E-state index in [1.54, 1.807) is 25.7 Å². The van der Waals surface area contributed by atoms with E-state index < -0.39 is 0 Å². The second-order valence-electron chi connectivity index (χ2n) is 7.53. The van der Waals surface area contributed by atoms with Gasteiger partial charge in [-0.15, -0.1) is 0 Å². The Bertz CT molecular complexity index is 1190. The van der Waals surface area contributed by atoms with Gasteiger partial charge in [0.2, 0.25) is 0 Å². The van der Waals surface area contributed by atoms with Crippen molar-refractivity contribution in [1.29, 1.82) is 0 Å². The van der Waals surface area contributed by atoms with Gasteiger partial charge < -0.3 is 15.4 Å². The quantitative estimate of drug-likeness (QED) is 0.642. The first-order valence-corrected chi connectivity index (χ1v) is 10.7. The van der Waals surface area contributed by atoms with Crippen LogP contribution in [-0.4, -0.2) is 46.0 Å². The number of hydrogen-bond donors (Lipinski definition) is 1. The molecule has 1 amide bonds. The highest BCUT2D eigenvalue weighted by Gasteiger charge is 2.23. The van der Waals surface area contributed by atoms with E-state index in [1.165, 1.54) is 0 Å². The maximum atomic E-state index is 12.9. The highest BCUT2D eigenvalue weighted by atomic mass is 16.5. The Morgan fingerprint density at radius 1 is 1.12 bits per heavy atom. The summed E-state index contributed by atoms with van der Waals surface area (Å²) in [6.07, 6.45) is 5.97. The maximum Gasteiger partial charge on any atom is 0.257 e. The summed E-state index contributed by atoms with van der Waals surface area (Å²) >= 11 is 0. The molecular weight excluding hydrogens is 402 g/mol. The molecule has 0 bridgehead atoms. The van der Waals surface area contributed by atoms with Crippen molar-refractivity contribution in [3.05, 3.63) is 65.2 Å². The second kappa shape index (κ2) is 9.48. The predicted molar refractivity (Wildman–Crippen MR) is 123 cm³/mol. The summed E-state index contributed by atoms with van der Waals surface area (Å²) in [4.78, 5) is 27.8. The largest absolute Gasteiger partial charge is 0.496 e. The normalized spacial score (nSPS) is 12.9. The zero-order valence-electron chi connectivity index (χ0n) is 18.3. The highest BCUT2D eigenvalue weighted by molar-refractivity contribution is 5.97. The molecule has 1 fully saturated rings. The predicted octanol–water partition coefficient (Wildman–Crippen LogP) is 3.33. The number of rotatable bonds is 4. The van der Waals surface area contributed by atoms with Gasteiger partial charge in [0, 0.05) is 30.4 Å². The topological polar surface area (TPSA) is 94.2 Å². The number of methoxy groups -OCH3 is 1. The number of nitrogen functional groups attached to an aromatic ring is 1. The van der Waals surface area contributed by atoms with Crippen LogP contribution in [0.3, 0.4) is 0 Å². The van der Waals surface area contributed by atoms with Gasteiger partial charge in [-0.2, -0.15) is 0 Å². The number of ether oxygens (including phenoxy) is 1. The minimum Gasteiger partial charge on any atom is -0.496 e. The molecule has 2 N–H and O–H groups in total. The van der Waals surface area contributed by atoms with Crippen LogP contribution in [0.15, 0.2) is 42.9 Å². The molecule has 0 atom stereocenters. The number of hydrogen-bond acceptors (Lipinski definition) is 6. The maximum absolute atomic E-state index is 12.9. The molecule has 0 unspecified atom stereocenters. The summed E-state index contributed by atoms with van der Waals surface area (Å²) in [5, 5.41) is 0. The van der Waals surface area contributed by atoms with Crippen molar-refractivity contribution in [2.24, 2.45) is 0 Å². The molecule has 2 aromatic heterocycles. The van der Waals surface area contributed by atoms with E-state index in [2.05, 4.69) is 26.8 Å². The van der Waals surface area contributed by atoms with Crippen LogP contribution in [0, 0.1) is 11.8 Å². The third-order valence-electron chi connectivity index (χ3n) is 5.48. The van der Waals surface area contributed by atoms with Crippen LogP contribution >= 0.6 is 0 Å². The fraction of sp³-hybridized carbons (Fsp3) is 0.280. The van der Waals surface area contributed by atoms with Gasteiger partial charge in [-0.1, -0.05) is 24.8 Å². The summed E-state index contributed by atoms with van der Waals surface area (Å²) in [7, 11) is 1.58. The third kappa shape index (κ3) is 4.40. The first-order valence-electron chi connectivity index (χ1n) is 10.7. The van der Waals surface area contributed by atoms with Crippen LogP contribution in [0.5, 0.6) is 5.75 Å². The lowest BCUT2D eigenvalue weighted by Crippen LogP contribution is -2.27. The fourth-order valence-electron chi connectivity index (χ4n) is 3.76. The highest BCUT2D eigenvalue weighted by Crippen LogP contribution is 2.30. The lowest BCUT2D eigenvalue weighted by molar-refractivity contribution is 0.0789. The second-order valence-corrected chi connectivity index (χ2v) is 7.53. The number of nitrogens with zero attached hydrogens (tertiary/aromatic N) is 4. The van der Waals surface area contributed by atoms with Crippen molar-refractivity contribution in [3.63, 3.8) is 0 Å². The number of aromatic nitrogens is 3. The number of likely N-dealkylation sites (tertiary alicyclic amines) is 1. The zero-order valence-corrected chi connectivity index (χ0v) is 18.3. The van der Waals surface area contributed by atoms with E-state index in [9.17, 15) is 4.79 Å². The number of amides is 1. The van der Waals surface area contributed by atoms with E-state index in [0.717, 1.165) is 48.3 Å². The number of anilines is 1. The van der Waals surface area contributed by atoms with E-state index >= 15 is 0 Å². The summed E-state index contributed by atoms with van der Waals surface area (Å²) in [6, 6.07) is 9.09. The van der Waals surface area contributed by atoms with Crippen molar-refractivity contribution in [3.8, 4) is 28.8 Å². The van der Waals surface area contributed by atoms with E-state index in [1.807, 2.05) is 36.1 Å². The van der Waals surface area contributed by atoms with Crippen LogP contribution in [0.4, 0.5) is 5.82 Å². The van der Waals surface area contributed by atoms with Crippen LogP contribution in [0.25, 0.3) is 11.3 Å². The van der Waals surface area contributed by atoms with E-state index in [4.69, 9.17) is 10.5 Å². The molecule has 1 saturated heterocycles. The van der Waals surface area contributed by atoms with Gasteiger partial charge in [0.05, 0.1) is 29.6 Å². The summed E-state index contributed by atoms with van der Waals surface area (Å²) < 4.78 is 5.58. The molecule has 4 rings (SSSR count). The number of carbonyl (C=O) groups excluding carboxylic acids is 1. The first-order chi connectivity index (χ1) is 15.6. The average molecular weight is 428 g/mol. The monoisotopic (exact) mass is 427 g/mol. The minimum absolute atomic E-state index is 0.00120. The Morgan fingerprint density at radius 2 is 1.94 bits per heavy atom. The lowest BCUT2D eigenvalue weighted by Gasteiger charge is -2.18. The van der Waals surface area contributed by atoms with Gasteiger partial charge in [-0.05, 0) is 43.5 Å². The molecule has 7 nitrogen and oxygen atoms in total. The number of aryl methyl sites for hydroxylation is 1. The first kappa shape index (κ1) is 21.3. The van der Waals surface area contributed by atoms with Crippen LogP contribution in [0.2, 0.25) is 0 Å². The fourth-order valence-corrected chi connectivity index (χ4v) is 3.76. The Balaban J connectivity index is 1.75. The molecule has 162 valence electrons. The number of pyridine rings is 1. The van der Waals surface area contributed by atoms with Crippen molar-refractivity contribution in [1.82, 2.24) is 19.9 Å². The Labute approximate surface area is 187 Å². The van der Waals surface area contributed by atoms with E-state index in [0.29, 0.717) is 29.2 Å². The minimum atomic E-state index is -0.00120. The standard InChI is InChI=1S/C25H25N5O2/c1-3-21-19(9-6-17-7-11-23(26)27-15-17)24(29-16-28-21)18-8-10-20(22(14-18)32-2)25(31)30-12-4-5-13-30/h7-8,10-11,14-16H,3-5,12-13H2,1-2H3,(H2,26,27). The molecule has 1 aliphatic heterocycles. The summed E-state index contributed by atoms with van der Waals surface area (Å²) in [5.41, 5.74) is 10.1. The lowest BCUT2D eigenvalue weighted by atomic mass is 10.0. The van der Waals surface area contributed by atoms with Crippen molar-refractivity contribution in [2.45, 2.75) is 26.2 Å². The molecule has 1 aliphatic rings. The van der Waals surface area contributed by atoms with Crippen molar-refractivity contribution in [2.75, 3.05) is 25.9 Å². The molecule has 0 aliphatic carbocycles. The molecule has 3 heterocycles. The summed E-state index contributed by atoms with van der Waals surface area (Å²) in [6.45, 7) is 3.60. The molecule has 0 spiro atoms. The van der Waals surface area contributed by atoms with Gasteiger partial charge >= 0.3 is 0 Å². The smallest absolute Gasteiger partial charge is 0.257 e. The third-order valence-corrected chi connectivity index (χ3v) is 5.48. The summed E-state index contributed by atoms with van der Waals surface area (Å²) in [5.74, 6) is 7.32. The van der Waals surface area contributed by atoms with E-state index in [-0.39, 0.29) is 5.91 Å². The molecule has 32 heavy (non-hydrogen) atoms. The Kier molecular flexibility index (Phi) is 6.31. The Hall–Kier alpha value is -3.92. The number of carbonyl (C=O) groups is 1. The molecule has 0 radical (unpaired) electrons. The van der Waals surface area contributed by atoms with Gasteiger partial charge in [-0.25, -0.2) is 15.0 Å². The van der Waals surface area contributed by atoms with Gasteiger partial charge in [0.1, 0.15) is 17.9 Å². The zero-order chi connectivity index (χ0) is 22.5. The van der Waals surface area contributed by atoms with Gasteiger partial charge in [0.15, 0.2) is 0 Å². The number of benzene rings is 1. The van der Waals surface area contributed by atoms with Crippen LogP contribution in [0.1, 0.15) is 46.9 Å². The molecule has 0 saturated carbocycles.